The number of benzene rings is 2. The van der Waals surface area contributed by atoms with Gasteiger partial charge in [0.2, 0.25) is 5.95 Å². The van der Waals surface area contributed by atoms with E-state index in [1.54, 1.807) is 14.2 Å². The summed E-state index contributed by atoms with van der Waals surface area (Å²) in [4.78, 5) is 6.96. The quantitative estimate of drug-likeness (QED) is 0.471. The van der Waals surface area contributed by atoms with Gasteiger partial charge in [-0.1, -0.05) is 12.1 Å². The van der Waals surface area contributed by atoms with Crippen molar-refractivity contribution >= 4 is 17.2 Å². The summed E-state index contributed by atoms with van der Waals surface area (Å²) in [6.07, 6.45) is 1.81. The molecule has 4 aromatic rings. The molecule has 7 heteroatoms. The number of para-hydroxylation sites is 1. The largest absolute Gasteiger partial charge is 0.496 e. The maximum atomic E-state index is 5.67. The van der Waals surface area contributed by atoms with Crippen LogP contribution in [0, 0.1) is 0 Å². The van der Waals surface area contributed by atoms with Gasteiger partial charge in [0.1, 0.15) is 11.5 Å². The SMILES string of the molecule is COc1cc2c(cc1Nc1ncc3ccc(-c4ccccc4OC)n3n1)CN(C(C)C)C2. The molecule has 0 saturated carbocycles. The van der Waals surface area contributed by atoms with E-state index in [0.29, 0.717) is 12.0 Å². The zero-order valence-electron chi connectivity index (χ0n) is 18.8. The third kappa shape index (κ3) is 3.54. The Morgan fingerprint density at radius 1 is 0.938 bits per heavy atom. The van der Waals surface area contributed by atoms with Crippen LogP contribution in [-0.4, -0.2) is 39.8 Å². The van der Waals surface area contributed by atoms with Gasteiger partial charge >= 0.3 is 0 Å². The summed E-state index contributed by atoms with van der Waals surface area (Å²) in [5.41, 5.74) is 6.30. The van der Waals surface area contributed by atoms with Crippen molar-refractivity contribution in [1.29, 1.82) is 0 Å². The second-order valence-electron chi connectivity index (χ2n) is 8.28. The van der Waals surface area contributed by atoms with Crippen molar-refractivity contribution in [2.45, 2.75) is 33.0 Å². The maximum absolute atomic E-state index is 5.67. The fourth-order valence-corrected chi connectivity index (χ4v) is 4.23. The molecule has 0 bridgehead atoms. The molecule has 32 heavy (non-hydrogen) atoms. The van der Waals surface area contributed by atoms with Gasteiger partial charge in [0, 0.05) is 24.7 Å². The Morgan fingerprint density at radius 3 is 2.44 bits per heavy atom. The van der Waals surface area contributed by atoms with Gasteiger partial charge in [0.05, 0.1) is 37.3 Å². The van der Waals surface area contributed by atoms with Gasteiger partial charge in [0.15, 0.2) is 0 Å². The number of fused-ring (bicyclic) bond motifs is 2. The predicted octanol–water partition coefficient (Wildman–Crippen LogP) is 4.88. The number of hydrogen-bond donors (Lipinski definition) is 1. The van der Waals surface area contributed by atoms with Crippen LogP contribution >= 0.6 is 0 Å². The van der Waals surface area contributed by atoms with E-state index in [1.165, 1.54) is 11.1 Å². The van der Waals surface area contributed by atoms with Crippen LogP contribution in [0.25, 0.3) is 16.8 Å². The molecule has 0 radical (unpaired) electrons. The molecule has 1 aliphatic heterocycles. The Bertz CT molecular complexity index is 1280. The fraction of sp³-hybridized carbons (Fsp3) is 0.280. The van der Waals surface area contributed by atoms with E-state index in [2.05, 4.69) is 41.2 Å². The average molecular weight is 430 g/mol. The van der Waals surface area contributed by atoms with Crippen molar-refractivity contribution in [3.05, 3.63) is 65.9 Å². The van der Waals surface area contributed by atoms with Crippen molar-refractivity contribution in [3.63, 3.8) is 0 Å². The lowest BCUT2D eigenvalue weighted by Gasteiger charge is -2.18. The molecule has 0 atom stereocenters. The van der Waals surface area contributed by atoms with E-state index in [-0.39, 0.29) is 0 Å². The Kier molecular flexibility index (Phi) is 5.19. The van der Waals surface area contributed by atoms with Crippen molar-refractivity contribution in [2.75, 3.05) is 19.5 Å². The molecule has 3 heterocycles. The number of nitrogens with one attached hydrogen (secondary N) is 1. The zero-order chi connectivity index (χ0) is 22.2. The molecule has 164 valence electrons. The van der Waals surface area contributed by atoms with Gasteiger partial charge in [-0.05, 0) is 61.4 Å². The number of aromatic nitrogens is 3. The summed E-state index contributed by atoms with van der Waals surface area (Å²) in [6.45, 7) is 6.32. The standard InChI is InChI=1S/C25H27N5O2/c1-16(2)29-14-17-11-21(24(32-4)12-18(17)15-29)27-25-26-13-19-9-10-22(30(19)28-25)20-7-5-6-8-23(20)31-3/h5-13,16H,14-15H2,1-4H3,(H,27,28). The first-order valence-corrected chi connectivity index (χ1v) is 10.8. The van der Waals surface area contributed by atoms with Crippen LogP contribution < -0.4 is 14.8 Å². The molecule has 0 amide bonds. The first-order valence-electron chi connectivity index (χ1n) is 10.8. The van der Waals surface area contributed by atoms with E-state index < -0.39 is 0 Å². The van der Waals surface area contributed by atoms with Crippen LogP contribution in [0.2, 0.25) is 0 Å². The molecule has 0 aliphatic carbocycles. The van der Waals surface area contributed by atoms with Crippen LogP contribution in [-0.2, 0) is 13.1 Å². The van der Waals surface area contributed by atoms with Gasteiger partial charge in [0.25, 0.3) is 0 Å². The van der Waals surface area contributed by atoms with E-state index >= 15 is 0 Å². The number of ether oxygens (including phenoxy) is 2. The third-order valence-corrected chi connectivity index (χ3v) is 6.03. The predicted molar refractivity (Wildman–Crippen MR) is 126 cm³/mol. The van der Waals surface area contributed by atoms with Gasteiger partial charge in [-0.3, -0.25) is 4.90 Å². The molecular weight excluding hydrogens is 402 g/mol. The normalized spacial score (nSPS) is 13.5. The minimum atomic E-state index is 0.498. The first-order chi connectivity index (χ1) is 15.6. The first kappa shape index (κ1) is 20.3. The maximum Gasteiger partial charge on any atom is 0.245 e. The molecule has 0 spiro atoms. The highest BCUT2D eigenvalue weighted by molar-refractivity contribution is 5.72. The molecular formula is C25H27N5O2. The zero-order valence-corrected chi connectivity index (χ0v) is 18.8. The highest BCUT2D eigenvalue weighted by Crippen LogP contribution is 2.36. The Balaban J connectivity index is 1.51. The number of anilines is 2. The van der Waals surface area contributed by atoms with Crippen molar-refractivity contribution < 1.29 is 9.47 Å². The van der Waals surface area contributed by atoms with E-state index in [9.17, 15) is 0 Å². The molecule has 7 nitrogen and oxygen atoms in total. The highest BCUT2D eigenvalue weighted by Gasteiger charge is 2.23. The van der Waals surface area contributed by atoms with Gasteiger partial charge in [-0.15, -0.1) is 5.10 Å². The van der Waals surface area contributed by atoms with Crippen LogP contribution in [0.1, 0.15) is 25.0 Å². The van der Waals surface area contributed by atoms with Crippen molar-refractivity contribution in [1.82, 2.24) is 19.5 Å². The van der Waals surface area contributed by atoms with E-state index in [0.717, 1.165) is 47.1 Å². The molecule has 0 saturated heterocycles. The molecule has 2 aromatic carbocycles. The number of hydrogen-bond acceptors (Lipinski definition) is 6. The second-order valence-corrected chi connectivity index (χ2v) is 8.28. The molecule has 0 unspecified atom stereocenters. The topological polar surface area (TPSA) is 63.9 Å². The number of nitrogens with zero attached hydrogens (tertiary/aromatic N) is 4. The Labute approximate surface area is 187 Å². The summed E-state index contributed by atoms with van der Waals surface area (Å²) in [6, 6.07) is 16.7. The third-order valence-electron chi connectivity index (χ3n) is 6.03. The minimum Gasteiger partial charge on any atom is -0.496 e. The summed E-state index contributed by atoms with van der Waals surface area (Å²) in [5, 5.41) is 8.14. The van der Waals surface area contributed by atoms with Gasteiger partial charge in [-0.2, -0.15) is 0 Å². The Hall–Kier alpha value is -3.58. The summed E-state index contributed by atoms with van der Waals surface area (Å²) in [5.74, 6) is 2.09. The number of methoxy groups -OCH3 is 2. The fourth-order valence-electron chi connectivity index (χ4n) is 4.23. The Morgan fingerprint density at radius 2 is 1.69 bits per heavy atom. The van der Waals surface area contributed by atoms with E-state index in [4.69, 9.17) is 14.6 Å². The lowest BCUT2D eigenvalue weighted by atomic mass is 10.1. The van der Waals surface area contributed by atoms with Gasteiger partial charge < -0.3 is 14.8 Å². The monoisotopic (exact) mass is 429 g/mol. The van der Waals surface area contributed by atoms with Gasteiger partial charge in [-0.25, -0.2) is 9.50 Å². The molecule has 0 fully saturated rings. The lowest BCUT2D eigenvalue weighted by Crippen LogP contribution is -2.24. The summed E-state index contributed by atoms with van der Waals surface area (Å²) < 4.78 is 13.1. The van der Waals surface area contributed by atoms with Crippen LogP contribution in [0.15, 0.2) is 54.7 Å². The van der Waals surface area contributed by atoms with Crippen LogP contribution in [0.5, 0.6) is 11.5 Å². The summed E-state index contributed by atoms with van der Waals surface area (Å²) >= 11 is 0. The smallest absolute Gasteiger partial charge is 0.245 e. The van der Waals surface area contributed by atoms with Crippen LogP contribution in [0.4, 0.5) is 11.6 Å². The second kappa shape index (κ2) is 8.16. The van der Waals surface area contributed by atoms with Crippen LogP contribution in [0.3, 0.4) is 0 Å². The lowest BCUT2D eigenvalue weighted by molar-refractivity contribution is 0.227. The van der Waals surface area contributed by atoms with E-state index in [1.807, 2.05) is 47.1 Å². The van der Waals surface area contributed by atoms with Crippen molar-refractivity contribution in [3.8, 4) is 22.8 Å². The number of rotatable bonds is 6. The summed E-state index contributed by atoms with van der Waals surface area (Å²) in [7, 11) is 3.37. The highest BCUT2D eigenvalue weighted by atomic mass is 16.5. The van der Waals surface area contributed by atoms with Crippen molar-refractivity contribution in [2.24, 2.45) is 0 Å². The molecule has 5 rings (SSSR count). The average Bonchev–Trinajstić information content (AvgIpc) is 3.42. The minimum absolute atomic E-state index is 0.498. The molecule has 1 aliphatic rings. The molecule has 2 aromatic heterocycles. The molecule has 1 N–H and O–H groups in total.